The van der Waals surface area contributed by atoms with E-state index in [0.717, 1.165) is 0 Å². The van der Waals surface area contributed by atoms with E-state index >= 15 is 0 Å². The van der Waals surface area contributed by atoms with Gasteiger partial charge in [-0.1, -0.05) is 0 Å². The van der Waals surface area contributed by atoms with E-state index in [1.165, 1.54) is 4.90 Å². The van der Waals surface area contributed by atoms with Crippen LogP contribution in [-0.2, 0) is 4.79 Å². The highest BCUT2D eigenvalue weighted by molar-refractivity contribution is 6.04. The number of likely N-dealkylation sites (N-methyl/N-ethyl adjacent to an activating group) is 1. The monoisotopic (exact) mass is 262 g/mol. The van der Waals surface area contributed by atoms with Crippen molar-refractivity contribution in [2.24, 2.45) is 5.73 Å². The molecule has 0 aliphatic carbocycles. The third kappa shape index (κ3) is 2.33. The number of ether oxygens (including phenoxy) is 1. The van der Waals surface area contributed by atoms with Gasteiger partial charge < -0.3 is 15.4 Å². The van der Waals surface area contributed by atoms with Crippen molar-refractivity contribution >= 4 is 17.4 Å². The van der Waals surface area contributed by atoms with E-state index in [9.17, 15) is 9.59 Å². The third-order valence-corrected chi connectivity index (χ3v) is 3.20. The fourth-order valence-electron chi connectivity index (χ4n) is 2.15. The van der Waals surface area contributed by atoms with Gasteiger partial charge in [-0.15, -0.1) is 0 Å². The van der Waals surface area contributed by atoms with Crippen molar-refractivity contribution in [2.45, 2.75) is 25.9 Å². The van der Waals surface area contributed by atoms with E-state index in [0.29, 0.717) is 30.0 Å². The van der Waals surface area contributed by atoms with E-state index in [2.05, 4.69) is 0 Å². The molecule has 2 rings (SSSR count). The van der Waals surface area contributed by atoms with Crippen LogP contribution in [0.2, 0.25) is 0 Å². The molecule has 0 unspecified atom stereocenters. The zero-order chi connectivity index (χ0) is 14.2. The molecule has 1 aromatic carbocycles. The topological polar surface area (TPSA) is 72.6 Å². The average Bonchev–Trinajstić information content (AvgIpc) is 2.36. The summed E-state index contributed by atoms with van der Waals surface area (Å²) in [4.78, 5) is 25.5. The predicted octanol–water partition coefficient (Wildman–Crippen LogP) is 1.35. The lowest BCUT2D eigenvalue weighted by molar-refractivity contribution is -0.132. The summed E-state index contributed by atoms with van der Waals surface area (Å²) in [5, 5.41) is 0. The summed E-state index contributed by atoms with van der Waals surface area (Å²) in [5.74, 6) is 0.441. The maximum absolute atomic E-state index is 12.1. The molecule has 0 fully saturated rings. The Hall–Kier alpha value is -1.88. The lowest BCUT2D eigenvalue weighted by Gasteiger charge is -2.37. The second kappa shape index (κ2) is 4.66. The number of carbonyl (C=O) groups is 2. The molecule has 0 saturated heterocycles. The van der Waals surface area contributed by atoms with Crippen LogP contribution in [0.4, 0.5) is 5.69 Å². The van der Waals surface area contributed by atoms with Crippen LogP contribution in [0.1, 0.15) is 30.6 Å². The summed E-state index contributed by atoms with van der Waals surface area (Å²) in [6.07, 6.45) is 0.294. The Kier molecular flexibility index (Phi) is 3.32. The molecule has 1 aliphatic rings. The Balaban J connectivity index is 2.41. The molecule has 5 heteroatoms. The minimum absolute atomic E-state index is 0.0315. The second-order valence-electron chi connectivity index (χ2n) is 5.12. The molecule has 1 aliphatic heterocycles. The van der Waals surface area contributed by atoms with Gasteiger partial charge in [-0.25, -0.2) is 0 Å². The number of anilines is 1. The summed E-state index contributed by atoms with van der Waals surface area (Å²) in [5.41, 5.74) is 5.66. The first-order chi connectivity index (χ1) is 8.86. The lowest BCUT2D eigenvalue weighted by atomic mass is 10.0. The van der Waals surface area contributed by atoms with Crippen LogP contribution in [0.15, 0.2) is 18.2 Å². The number of hydrogen-bond acceptors (Lipinski definition) is 4. The van der Waals surface area contributed by atoms with Crippen LogP contribution in [0.25, 0.3) is 0 Å². The van der Waals surface area contributed by atoms with Crippen LogP contribution < -0.4 is 15.4 Å². The Morgan fingerprint density at radius 1 is 1.42 bits per heavy atom. The normalized spacial score (nSPS) is 16.8. The molecule has 0 saturated carbocycles. The maximum Gasteiger partial charge on any atom is 0.270 e. The van der Waals surface area contributed by atoms with E-state index in [-0.39, 0.29) is 11.7 Å². The number of benzene rings is 1. The maximum atomic E-state index is 12.1. The quantitative estimate of drug-likeness (QED) is 0.835. The molecule has 102 valence electrons. The molecule has 0 radical (unpaired) electrons. The molecule has 1 aromatic rings. The van der Waals surface area contributed by atoms with Crippen molar-refractivity contribution in [3.05, 3.63) is 23.8 Å². The number of nitrogens with zero attached hydrogens (tertiary/aromatic N) is 1. The fraction of sp³-hybridized carbons (Fsp3) is 0.429. The van der Waals surface area contributed by atoms with Crippen molar-refractivity contribution in [1.82, 2.24) is 0 Å². The van der Waals surface area contributed by atoms with Crippen LogP contribution >= 0.6 is 0 Å². The van der Waals surface area contributed by atoms with Crippen molar-refractivity contribution in [1.29, 1.82) is 0 Å². The summed E-state index contributed by atoms with van der Waals surface area (Å²) in [6, 6.07) is 5.11. The van der Waals surface area contributed by atoms with E-state index in [1.807, 2.05) is 0 Å². The van der Waals surface area contributed by atoms with Crippen molar-refractivity contribution in [3.63, 3.8) is 0 Å². The molecule has 1 amide bonds. The summed E-state index contributed by atoms with van der Waals surface area (Å²) in [6.45, 7) is 3.76. The Labute approximate surface area is 112 Å². The average molecular weight is 262 g/mol. The molecule has 0 spiro atoms. The number of nitrogens with two attached hydrogens (primary N) is 1. The molecular formula is C14H18N2O3. The van der Waals surface area contributed by atoms with Gasteiger partial charge in [0.2, 0.25) is 0 Å². The summed E-state index contributed by atoms with van der Waals surface area (Å²) in [7, 11) is 1.68. The number of carbonyl (C=O) groups excluding carboxylic acids is 2. The van der Waals surface area contributed by atoms with Crippen LogP contribution in [0, 0.1) is 0 Å². The zero-order valence-corrected chi connectivity index (χ0v) is 11.4. The molecule has 0 atom stereocenters. The fourth-order valence-corrected chi connectivity index (χ4v) is 2.15. The van der Waals surface area contributed by atoms with Gasteiger partial charge in [0.05, 0.1) is 5.69 Å². The molecule has 1 heterocycles. The summed E-state index contributed by atoms with van der Waals surface area (Å²) < 4.78 is 5.67. The molecule has 5 nitrogen and oxygen atoms in total. The van der Waals surface area contributed by atoms with Gasteiger partial charge in [-0.3, -0.25) is 9.59 Å². The van der Waals surface area contributed by atoms with Crippen LogP contribution in [-0.4, -0.2) is 30.9 Å². The van der Waals surface area contributed by atoms with E-state index in [1.54, 1.807) is 39.1 Å². The van der Waals surface area contributed by atoms with Gasteiger partial charge in [-0.2, -0.15) is 0 Å². The highest BCUT2D eigenvalue weighted by Gasteiger charge is 2.39. The highest BCUT2D eigenvalue weighted by Crippen LogP contribution is 2.37. The number of hydrogen-bond donors (Lipinski definition) is 1. The highest BCUT2D eigenvalue weighted by atomic mass is 16.5. The summed E-state index contributed by atoms with van der Waals surface area (Å²) >= 11 is 0. The van der Waals surface area contributed by atoms with E-state index in [4.69, 9.17) is 10.5 Å². The standard InChI is InChI=1S/C14H18N2O3/c1-14(2)13(18)16(3)10-8-9(11(17)6-7-15)4-5-12(10)19-14/h4-5,8H,6-7,15H2,1-3H3. The van der Waals surface area contributed by atoms with Gasteiger partial charge in [0.15, 0.2) is 11.4 Å². The van der Waals surface area contributed by atoms with Crippen molar-refractivity contribution < 1.29 is 14.3 Å². The Morgan fingerprint density at radius 3 is 2.74 bits per heavy atom. The lowest BCUT2D eigenvalue weighted by Crippen LogP contribution is -2.50. The molecule has 0 aromatic heterocycles. The second-order valence-corrected chi connectivity index (χ2v) is 5.12. The van der Waals surface area contributed by atoms with Crippen molar-refractivity contribution in [2.75, 3.05) is 18.5 Å². The SMILES string of the molecule is CN1C(=O)C(C)(C)Oc2ccc(C(=O)CCN)cc21. The molecule has 19 heavy (non-hydrogen) atoms. The van der Waals surface area contributed by atoms with Gasteiger partial charge in [0.25, 0.3) is 5.91 Å². The van der Waals surface area contributed by atoms with Gasteiger partial charge in [0.1, 0.15) is 5.75 Å². The predicted molar refractivity (Wildman–Crippen MR) is 72.6 cm³/mol. The Bertz CT molecular complexity index is 537. The first-order valence-electron chi connectivity index (χ1n) is 6.21. The number of Topliss-reactive ketones (excluding diaryl/α,β-unsaturated/α-hetero) is 1. The molecule has 0 bridgehead atoms. The first-order valence-corrected chi connectivity index (χ1v) is 6.21. The largest absolute Gasteiger partial charge is 0.476 e. The number of amides is 1. The van der Waals surface area contributed by atoms with Gasteiger partial charge in [-0.05, 0) is 38.6 Å². The van der Waals surface area contributed by atoms with Crippen molar-refractivity contribution in [3.8, 4) is 5.75 Å². The van der Waals surface area contributed by atoms with Gasteiger partial charge >= 0.3 is 0 Å². The van der Waals surface area contributed by atoms with Crippen LogP contribution in [0.3, 0.4) is 0 Å². The third-order valence-electron chi connectivity index (χ3n) is 3.20. The molecule has 2 N–H and O–H groups in total. The van der Waals surface area contributed by atoms with Crippen LogP contribution in [0.5, 0.6) is 5.75 Å². The number of ketones is 1. The van der Waals surface area contributed by atoms with Gasteiger partial charge in [0, 0.05) is 19.0 Å². The van der Waals surface area contributed by atoms with E-state index < -0.39 is 5.60 Å². The Morgan fingerprint density at radius 2 is 2.11 bits per heavy atom. The minimum atomic E-state index is -0.884. The first kappa shape index (κ1) is 13.5. The minimum Gasteiger partial charge on any atom is -0.476 e. The number of rotatable bonds is 3. The zero-order valence-electron chi connectivity index (χ0n) is 11.4. The number of fused-ring (bicyclic) bond motifs is 1. The smallest absolute Gasteiger partial charge is 0.270 e. The molecular weight excluding hydrogens is 244 g/mol.